The van der Waals surface area contributed by atoms with Gasteiger partial charge in [-0.05, 0) is 49.9 Å². The van der Waals surface area contributed by atoms with Crippen LogP contribution in [0.1, 0.15) is 36.2 Å². The highest BCUT2D eigenvalue weighted by molar-refractivity contribution is 5.93. The maximum atomic E-state index is 11.9. The van der Waals surface area contributed by atoms with Crippen molar-refractivity contribution < 1.29 is 13.9 Å². The minimum absolute atomic E-state index is 0.0516. The number of ether oxygens (including phenoxy) is 1. The largest absolute Gasteiger partial charge is 0.457 e. The summed E-state index contributed by atoms with van der Waals surface area (Å²) in [6, 6.07) is 6.98. The highest BCUT2D eigenvalue weighted by Crippen LogP contribution is 2.25. The van der Waals surface area contributed by atoms with Gasteiger partial charge in [-0.15, -0.1) is 0 Å². The number of fused-ring (bicyclic) bond motifs is 1. The number of furan rings is 1. The van der Waals surface area contributed by atoms with Crippen LogP contribution in [0.25, 0.3) is 11.0 Å². The van der Waals surface area contributed by atoms with E-state index < -0.39 is 0 Å². The molecule has 2 N–H and O–H groups in total. The monoisotopic (exact) mass is 245 g/mol. The SMILES string of the molecule is Nc1ccc2oc(C(=O)OC3CCCC3)cc2c1. The van der Waals surface area contributed by atoms with Crippen molar-refractivity contribution in [2.24, 2.45) is 0 Å². The van der Waals surface area contributed by atoms with Gasteiger partial charge in [0.15, 0.2) is 0 Å². The molecule has 1 fully saturated rings. The van der Waals surface area contributed by atoms with Crippen LogP contribution in [-0.2, 0) is 4.74 Å². The van der Waals surface area contributed by atoms with Crippen LogP contribution in [0.5, 0.6) is 0 Å². The van der Waals surface area contributed by atoms with E-state index in [9.17, 15) is 4.79 Å². The third-order valence-electron chi connectivity index (χ3n) is 3.32. The molecule has 2 aromatic rings. The molecule has 0 amide bonds. The van der Waals surface area contributed by atoms with Gasteiger partial charge in [0.1, 0.15) is 11.7 Å². The summed E-state index contributed by atoms with van der Waals surface area (Å²) >= 11 is 0. The normalized spacial score (nSPS) is 16.2. The van der Waals surface area contributed by atoms with E-state index >= 15 is 0 Å². The van der Waals surface area contributed by atoms with Crippen LogP contribution in [0.2, 0.25) is 0 Å². The number of nitrogens with two attached hydrogens (primary N) is 1. The van der Waals surface area contributed by atoms with Crippen LogP contribution in [-0.4, -0.2) is 12.1 Å². The Morgan fingerprint density at radius 1 is 1.28 bits per heavy atom. The van der Waals surface area contributed by atoms with Crippen molar-refractivity contribution in [3.8, 4) is 0 Å². The van der Waals surface area contributed by atoms with E-state index in [1.165, 1.54) is 0 Å². The molecule has 0 bridgehead atoms. The number of nitrogen functional groups attached to an aromatic ring is 1. The number of rotatable bonds is 2. The maximum Gasteiger partial charge on any atom is 0.374 e. The summed E-state index contributed by atoms with van der Waals surface area (Å²) in [5, 5.41) is 0.827. The minimum Gasteiger partial charge on any atom is -0.457 e. The van der Waals surface area contributed by atoms with Gasteiger partial charge in [-0.25, -0.2) is 4.79 Å². The molecular formula is C14H15NO3. The average Bonchev–Trinajstić information content (AvgIpc) is 2.96. The smallest absolute Gasteiger partial charge is 0.374 e. The molecule has 0 aliphatic heterocycles. The van der Waals surface area contributed by atoms with Crippen LogP contribution in [0, 0.1) is 0 Å². The van der Waals surface area contributed by atoms with Crippen LogP contribution in [0.4, 0.5) is 5.69 Å². The number of anilines is 1. The molecular weight excluding hydrogens is 230 g/mol. The lowest BCUT2D eigenvalue weighted by Gasteiger charge is -2.08. The molecule has 0 spiro atoms. The Hall–Kier alpha value is -1.97. The van der Waals surface area contributed by atoms with Crippen molar-refractivity contribution in [2.75, 3.05) is 5.73 Å². The van der Waals surface area contributed by atoms with E-state index in [2.05, 4.69) is 0 Å². The van der Waals surface area contributed by atoms with Crippen molar-refractivity contribution in [1.82, 2.24) is 0 Å². The van der Waals surface area contributed by atoms with Crippen LogP contribution >= 0.6 is 0 Å². The second-order valence-electron chi connectivity index (χ2n) is 4.72. The number of benzene rings is 1. The summed E-state index contributed by atoms with van der Waals surface area (Å²) in [6.45, 7) is 0. The molecule has 1 aliphatic rings. The van der Waals surface area contributed by atoms with Crippen molar-refractivity contribution in [1.29, 1.82) is 0 Å². The first kappa shape index (κ1) is 11.1. The predicted octanol–water partition coefficient (Wildman–Crippen LogP) is 3.11. The molecule has 4 heteroatoms. The highest BCUT2D eigenvalue weighted by Gasteiger charge is 2.22. The molecule has 3 rings (SSSR count). The zero-order valence-corrected chi connectivity index (χ0v) is 10.0. The summed E-state index contributed by atoms with van der Waals surface area (Å²) in [4.78, 5) is 11.9. The fourth-order valence-electron chi connectivity index (χ4n) is 2.38. The van der Waals surface area contributed by atoms with Gasteiger partial charge < -0.3 is 14.9 Å². The highest BCUT2D eigenvalue weighted by atomic mass is 16.6. The first-order valence-corrected chi connectivity index (χ1v) is 6.22. The third-order valence-corrected chi connectivity index (χ3v) is 3.32. The standard InChI is InChI=1S/C14H15NO3/c15-10-5-6-12-9(7-10)8-13(18-12)14(16)17-11-3-1-2-4-11/h5-8,11H,1-4,15H2. The molecule has 1 aromatic carbocycles. The lowest BCUT2D eigenvalue weighted by molar-refractivity contribution is 0.0284. The van der Waals surface area contributed by atoms with Gasteiger partial charge in [0.2, 0.25) is 5.76 Å². The van der Waals surface area contributed by atoms with E-state index in [-0.39, 0.29) is 17.8 Å². The quantitative estimate of drug-likeness (QED) is 0.652. The van der Waals surface area contributed by atoms with Crippen molar-refractivity contribution in [2.45, 2.75) is 31.8 Å². The second-order valence-corrected chi connectivity index (χ2v) is 4.72. The third kappa shape index (κ3) is 2.06. The lowest BCUT2D eigenvalue weighted by atomic mass is 10.2. The van der Waals surface area contributed by atoms with Crippen molar-refractivity contribution in [3.63, 3.8) is 0 Å². The fraction of sp³-hybridized carbons (Fsp3) is 0.357. The number of carbonyl (C=O) groups is 1. The van der Waals surface area contributed by atoms with E-state index in [0.29, 0.717) is 11.3 Å². The van der Waals surface area contributed by atoms with E-state index in [0.717, 1.165) is 31.1 Å². The second kappa shape index (κ2) is 4.37. The Bertz CT molecular complexity index is 582. The fourth-order valence-corrected chi connectivity index (χ4v) is 2.38. The molecule has 1 aliphatic carbocycles. The van der Waals surface area contributed by atoms with Gasteiger partial charge in [0.05, 0.1) is 0 Å². The van der Waals surface area contributed by atoms with Gasteiger partial charge in [0.25, 0.3) is 0 Å². The lowest BCUT2D eigenvalue weighted by Crippen LogP contribution is -2.14. The first-order chi connectivity index (χ1) is 8.72. The Labute approximate surface area is 105 Å². The Kier molecular flexibility index (Phi) is 2.70. The van der Waals surface area contributed by atoms with Crippen LogP contribution < -0.4 is 5.73 Å². The van der Waals surface area contributed by atoms with Crippen LogP contribution in [0.15, 0.2) is 28.7 Å². The van der Waals surface area contributed by atoms with E-state index in [1.54, 1.807) is 24.3 Å². The zero-order valence-electron chi connectivity index (χ0n) is 10.0. The summed E-state index contributed by atoms with van der Waals surface area (Å²) in [6.07, 6.45) is 4.23. The molecule has 4 nitrogen and oxygen atoms in total. The van der Waals surface area contributed by atoms with Crippen LogP contribution in [0.3, 0.4) is 0 Å². The first-order valence-electron chi connectivity index (χ1n) is 6.22. The Morgan fingerprint density at radius 2 is 2.06 bits per heavy atom. The molecule has 0 atom stereocenters. The molecule has 0 radical (unpaired) electrons. The van der Waals surface area contributed by atoms with Gasteiger partial charge >= 0.3 is 5.97 Å². The summed E-state index contributed by atoms with van der Waals surface area (Å²) in [5.74, 6) is -0.126. The van der Waals surface area contributed by atoms with Gasteiger partial charge in [-0.2, -0.15) is 0 Å². The zero-order chi connectivity index (χ0) is 12.5. The molecule has 94 valence electrons. The molecule has 18 heavy (non-hydrogen) atoms. The van der Waals surface area contributed by atoms with E-state index in [4.69, 9.17) is 14.9 Å². The molecule has 1 heterocycles. The van der Waals surface area contributed by atoms with Gasteiger partial charge in [0, 0.05) is 11.1 Å². The topological polar surface area (TPSA) is 65.5 Å². The minimum atomic E-state index is -0.378. The molecule has 0 saturated heterocycles. The number of hydrogen-bond acceptors (Lipinski definition) is 4. The molecule has 1 saturated carbocycles. The average molecular weight is 245 g/mol. The van der Waals surface area contributed by atoms with Crippen molar-refractivity contribution >= 4 is 22.6 Å². The number of esters is 1. The Balaban J connectivity index is 1.82. The van der Waals surface area contributed by atoms with Gasteiger partial charge in [-0.1, -0.05) is 0 Å². The maximum absolute atomic E-state index is 11.9. The molecule has 1 aromatic heterocycles. The summed E-state index contributed by atoms with van der Waals surface area (Å²) < 4.78 is 10.9. The summed E-state index contributed by atoms with van der Waals surface area (Å²) in [5.41, 5.74) is 6.99. The van der Waals surface area contributed by atoms with Crippen molar-refractivity contribution in [3.05, 3.63) is 30.0 Å². The number of hydrogen-bond donors (Lipinski definition) is 1. The predicted molar refractivity (Wildman–Crippen MR) is 68.3 cm³/mol. The summed E-state index contributed by atoms with van der Waals surface area (Å²) in [7, 11) is 0. The Morgan fingerprint density at radius 3 is 2.83 bits per heavy atom. The number of carbonyl (C=O) groups excluding carboxylic acids is 1. The van der Waals surface area contributed by atoms with Gasteiger partial charge in [-0.3, -0.25) is 0 Å². The van der Waals surface area contributed by atoms with E-state index in [1.807, 2.05) is 0 Å². The molecule has 0 unspecified atom stereocenters.